The average Bonchev–Trinajstić information content (AvgIpc) is 3.65. The van der Waals surface area contributed by atoms with Crippen LogP contribution in [0.2, 0.25) is 0 Å². The van der Waals surface area contributed by atoms with Crippen molar-refractivity contribution in [2.45, 2.75) is 56.8 Å². The molecule has 0 spiro atoms. The first-order valence-corrected chi connectivity index (χ1v) is 12.0. The Kier molecular flexibility index (Phi) is 8.59. The minimum Gasteiger partial charge on any atom is -0.382 e. The lowest BCUT2D eigenvalue weighted by Crippen LogP contribution is -2.40. The van der Waals surface area contributed by atoms with Crippen molar-refractivity contribution in [1.29, 1.82) is 0 Å². The number of carbonyl (C=O) groups excluding carboxylic acids is 1. The highest BCUT2D eigenvalue weighted by Gasteiger charge is 2.36. The lowest BCUT2D eigenvalue weighted by Gasteiger charge is -2.35. The number of hydrogen-bond acceptors (Lipinski definition) is 4. The lowest BCUT2D eigenvalue weighted by molar-refractivity contribution is -0.122. The van der Waals surface area contributed by atoms with Crippen LogP contribution < -0.4 is 10.6 Å². The first kappa shape index (κ1) is 26.7. The Bertz CT molecular complexity index is 1010. The summed E-state index contributed by atoms with van der Waals surface area (Å²) in [5.41, 5.74) is 0.283. The summed E-state index contributed by atoms with van der Waals surface area (Å²) in [7, 11) is 4.11. The number of rotatable bonds is 10. The van der Waals surface area contributed by atoms with Gasteiger partial charge in [0.2, 0.25) is 5.91 Å². The van der Waals surface area contributed by atoms with Gasteiger partial charge in [0.15, 0.2) is 0 Å². The van der Waals surface area contributed by atoms with Gasteiger partial charge < -0.3 is 15.5 Å². The lowest BCUT2D eigenvalue weighted by atomic mass is 9.89. The molecule has 0 bridgehead atoms. The monoisotopic (exact) mass is 488 g/mol. The maximum atomic E-state index is 13.6. The van der Waals surface area contributed by atoms with E-state index in [-0.39, 0.29) is 35.7 Å². The minimum atomic E-state index is -4.64. The number of nitrogens with one attached hydrogen (secondary N) is 2. The molecule has 2 aliphatic carbocycles. The molecule has 2 unspecified atom stereocenters. The SMILES string of the molecule is C=Cc1c(C(=C)NC2CCCC(N(C)C)C2)cc(/C=C/CNC(=O)C2CC2)nc1C(=C)C(F)(F)F. The summed E-state index contributed by atoms with van der Waals surface area (Å²) in [6.07, 6.45) is 5.89. The highest BCUT2D eigenvalue weighted by Crippen LogP contribution is 2.36. The molecule has 5 nitrogen and oxygen atoms in total. The Balaban J connectivity index is 1.87. The Morgan fingerprint density at radius 2 is 1.94 bits per heavy atom. The van der Waals surface area contributed by atoms with Crippen LogP contribution in [0, 0.1) is 5.92 Å². The zero-order chi connectivity index (χ0) is 25.8. The van der Waals surface area contributed by atoms with E-state index < -0.39 is 11.7 Å². The summed E-state index contributed by atoms with van der Waals surface area (Å²) in [6.45, 7) is 11.4. The van der Waals surface area contributed by atoms with Crippen LogP contribution in [0.5, 0.6) is 0 Å². The second-order valence-corrected chi connectivity index (χ2v) is 9.56. The van der Waals surface area contributed by atoms with Crippen LogP contribution in [0.15, 0.2) is 31.9 Å². The van der Waals surface area contributed by atoms with Crippen LogP contribution >= 0.6 is 0 Å². The molecular weight excluding hydrogens is 453 g/mol. The Morgan fingerprint density at radius 3 is 2.54 bits per heavy atom. The summed E-state index contributed by atoms with van der Waals surface area (Å²) in [5.74, 6) is 0.0838. The molecule has 190 valence electrons. The molecule has 1 amide bonds. The first-order chi connectivity index (χ1) is 16.5. The number of aromatic nitrogens is 1. The van der Waals surface area contributed by atoms with Crippen molar-refractivity contribution >= 4 is 29.3 Å². The summed E-state index contributed by atoms with van der Waals surface area (Å²) >= 11 is 0. The number of pyridine rings is 1. The van der Waals surface area contributed by atoms with E-state index in [0.29, 0.717) is 23.0 Å². The van der Waals surface area contributed by atoms with Crippen molar-refractivity contribution in [2.75, 3.05) is 20.6 Å². The van der Waals surface area contributed by atoms with E-state index in [1.807, 2.05) is 0 Å². The Labute approximate surface area is 205 Å². The van der Waals surface area contributed by atoms with E-state index >= 15 is 0 Å². The average molecular weight is 489 g/mol. The molecule has 2 N–H and O–H groups in total. The third-order valence-electron chi connectivity index (χ3n) is 6.62. The largest absolute Gasteiger partial charge is 0.417 e. The minimum absolute atomic E-state index is 0.00229. The first-order valence-electron chi connectivity index (χ1n) is 12.0. The molecule has 2 fully saturated rings. The number of hydrogen-bond donors (Lipinski definition) is 2. The third kappa shape index (κ3) is 7.07. The van der Waals surface area contributed by atoms with Gasteiger partial charge in [-0.15, -0.1) is 0 Å². The molecule has 1 aromatic heterocycles. The normalized spacial score (nSPS) is 20.6. The molecule has 1 heterocycles. The standard InChI is InChI=1S/C27H35F3N4O/c1-6-23-24(18(3)32-20-9-7-11-22(15-20)34(4)5)16-21(33-25(23)17(2)27(28,29)30)10-8-14-31-26(35)19-12-13-19/h6,8,10,16,19-20,22,32H,1-3,7,9,11-15H2,4-5H3,(H,31,35)/b10-8+. The molecule has 0 aromatic carbocycles. The molecule has 2 aliphatic rings. The van der Waals surface area contributed by atoms with Crippen molar-refractivity contribution in [3.8, 4) is 0 Å². The molecule has 2 saturated carbocycles. The van der Waals surface area contributed by atoms with Crippen LogP contribution in [0.25, 0.3) is 23.4 Å². The van der Waals surface area contributed by atoms with Gasteiger partial charge in [-0.05, 0) is 64.8 Å². The van der Waals surface area contributed by atoms with E-state index in [0.717, 1.165) is 38.5 Å². The molecule has 35 heavy (non-hydrogen) atoms. The van der Waals surface area contributed by atoms with Crippen LogP contribution in [0.1, 0.15) is 61.0 Å². The predicted molar refractivity (Wildman–Crippen MR) is 136 cm³/mol. The summed E-state index contributed by atoms with van der Waals surface area (Å²) in [6, 6.07) is 2.31. The fourth-order valence-electron chi connectivity index (χ4n) is 4.40. The molecule has 0 aliphatic heterocycles. The van der Waals surface area contributed by atoms with Crippen molar-refractivity contribution < 1.29 is 18.0 Å². The molecule has 8 heteroatoms. The van der Waals surface area contributed by atoms with Gasteiger partial charge in [-0.3, -0.25) is 4.79 Å². The fraction of sp³-hybridized carbons (Fsp3) is 0.481. The van der Waals surface area contributed by atoms with Gasteiger partial charge in [0.05, 0.1) is 17.0 Å². The topological polar surface area (TPSA) is 57.3 Å². The van der Waals surface area contributed by atoms with Crippen LogP contribution in [0.3, 0.4) is 0 Å². The predicted octanol–water partition coefficient (Wildman–Crippen LogP) is 5.27. The fourth-order valence-corrected chi connectivity index (χ4v) is 4.40. The van der Waals surface area contributed by atoms with Gasteiger partial charge >= 0.3 is 6.18 Å². The zero-order valence-electron chi connectivity index (χ0n) is 20.5. The van der Waals surface area contributed by atoms with Gasteiger partial charge in [0.1, 0.15) is 0 Å². The van der Waals surface area contributed by atoms with E-state index in [9.17, 15) is 18.0 Å². The summed E-state index contributed by atoms with van der Waals surface area (Å²) in [5, 5.41) is 6.24. The molecule has 0 saturated heterocycles. The van der Waals surface area contributed by atoms with E-state index in [1.54, 1.807) is 18.2 Å². The molecule has 3 rings (SSSR count). The van der Waals surface area contributed by atoms with Gasteiger partial charge in [-0.25, -0.2) is 4.98 Å². The number of halogens is 3. The van der Waals surface area contributed by atoms with E-state index in [4.69, 9.17) is 0 Å². The maximum absolute atomic E-state index is 13.6. The van der Waals surface area contributed by atoms with Crippen molar-refractivity contribution in [3.63, 3.8) is 0 Å². The number of nitrogens with zero attached hydrogens (tertiary/aromatic N) is 2. The van der Waals surface area contributed by atoms with Crippen LogP contribution in [0.4, 0.5) is 13.2 Å². The molecular formula is C27H35F3N4O. The summed E-state index contributed by atoms with van der Waals surface area (Å²) < 4.78 is 40.8. The highest BCUT2D eigenvalue weighted by molar-refractivity contribution is 5.82. The Morgan fingerprint density at radius 1 is 1.23 bits per heavy atom. The quantitative estimate of drug-likeness (QED) is 0.471. The maximum Gasteiger partial charge on any atom is 0.417 e. The van der Waals surface area contributed by atoms with Gasteiger partial charge in [0, 0.05) is 41.4 Å². The van der Waals surface area contributed by atoms with E-state index in [2.05, 4.69) is 54.3 Å². The third-order valence-corrected chi connectivity index (χ3v) is 6.62. The number of allylic oxidation sites excluding steroid dienone is 1. The van der Waals surface area contributed by atoms with Crippen molar-refractivity contribution in [3.05, 3.63) is 54.4 Å². The van der Waals surface area contributed by atoms with Crippen molar-refractivity contribution in [2.24, 2.45) is 5.92 Å². The van der Waals surface area contributed by atoms with Gasteiger partial charge in [0.25, 0.3) is 0 Å². The zero-order valence-corrected chi connectivity index (χ0v) is 20.5. The van der Waals surface area contributed by atoms with E-state index in [1.165, 1.54) is 6.08 Å². The molecule has 0 radical (unpaired) electrons. The van der Waals surface area contributed by atoms with Crippen LogP contribution in [-0.2, 0) is 4.79 Å². The molecule has 2 atom stereocenters. The highest BCUT2D eigenvalue weighted by atomic mass is 19.4. The van der Waals surface area contributed by atoms with Gasteiger partial charge in [-0.1, -0.05) is 31.9 Å². The van der Waals surface area contributed by atoms with Crippen LogP contribution in [-0.4, -0.2) is 54.7 Å². The summed E-state index contributed by atoms with van der Waals surface area (Å²) in [4.78, 5) is 18.3. The number of amides is 1. The molecule has 1 aromatic rings. The number of alkyl halides is 3. The van der Waals surface area contributed by atoms with Gasteiger partial charge in [-0.2, -0.15) is 13.2 Å². The second kappa shape index (κ2) is 11.2. The van der Waals surface area contributed by atoms with Crippen molar-refractivity contribution in [1.82, 2.24) is 20.5 Å². The Hall–Kier alpha value is -2.87. The second-order valence-electron chi connectivity index (χ2n) is 9.56. The number of carbonyl (C=O) groups is 1. The smallest absolute Gasteiger partial charge is 0.382 e.